The minimum atomic E-state index is 0.352. The van der Waals surface area contributed by atoms with Gasteiger partial charge in [0.2, 0.25) is 0 Å². The number of aryl methyl sites for hydroxylation is 1. The molecule has 0 radical (unpaired) electrons. The van der Waals surface area contributed by atoms with E-state index in [2.05, 4.69) is 36.9 Å². The van der Waals surface area contributed by atoms with Crippen LogP contribution in [0.25, 0.3) is 0 Å². The highest BCUT2D eigenvalue weighted by Crippen LogP contribution is 2.32. The summed E-state index contributed by atoms with van der Waals surface area (Å²) in [7, 11) is 0. The molecule has 21 heavy (non-hydrogen) atoms. The predicted molar refractivity (Wildman–Crippen MR) is 94.2 cm³/mol. The molecule has 0 N–H and O–H groups in total. The van der Waals surface area contributed by atoms with Gasteiger partial charge in [0.1, 0.15) is 0 Å². The second kappa shape index (κ2) is 10.3. The average Bonchev–Trinajstić information content (AvgIpc) is 2.53. The molecule has 0 bridgehead atoms. The normalized spacial score (nSPS) is 17.7. The molecule has 1 aromatic rings. The highest BCUT2D eigenvalue weighted by Gasteiger charge is 2.19. The van der Waals surface area contributed by atoms with Crippen LogP contribution in [-0.2, 0) is 11.2 Å². The van der Waals surface area contributed by atoms with Crippen LogP contribution in [-0.4, -0.2) is 12.4 Å². The van der Waals surface area contributed by atoms with E-state index < -0.39 is 0 Å². The molecule has 0 saturated carbocycles. The smallest absolute Gasteiger partial charge is 0.0827 e. The number of fused-ring (bicyclic) bond motifs is 1. The lowest BCUT2D eigenvalue weighted by Gasteiger charge is -2.25. The maximum atomic E-state index is 6.14. The fourth-order valence-electron chi connectivity index (χ4n) is 3.21. The Morgan fingerprint density at radius 3 is 2.48 bits per heavy atom. The topological polar surface area (TPSA) is 9.23 Å². The van der Waals surface area contributed by atoms with Gasteiger partial charge < -0.3 is 4.74 Å². The van der Waals surface area contributed by atoms with Crippen molar-refractivity contribution in [1.82, 2.24) is 0 Å². The number of unbranched alkanes of at least 4 members (excludes halogenated alkanes) is 6. The molecular formula is C19H30OS. The number of thiol groups is 1. The zero-order valence-corrected chi connectivity index (χ0v) is 14.1. The van der Waals surface area contributed by atoms with Crippen molar-refractivity contribution in [1.29, 1.82) is 0 Å². The highest BCUT2D eigenvalue weighted by molar-refractivity contribution is 7.80. The van der Waals surface area contributed by atoms with Crippen molar-refractivity contribution in [3.8, 4) is 0 Å². The van der Waals surface area contributed by atoms with Gasteiger partial charge in [0.25, 0.3) is 0 Å². The molecule has 1 aromatic carbocycles. The second-order valence-corrected chi connectivity index (χ2v) is 6.60. The van der Waals surface area contributed by atoms with E-state index in [1.54, 1.807) is 0 Å². The molecule has 0 saturated heterocycles. The Bertz CT molecular complexity index is 391. The highest BCUT2D eigenvalue weighted by atomic mass is 32.1. The molecule has 1 aliphatic rings. The van der Waals surface area contributed by atoms with Gasteiger partial charge in [-0.3, -0.25) is 0 Å². The molecule has 0 aromatic heterocycles. The molecule has 0 aliphatic heterocycles. The molecule has 0 heterocycles. The van der Waals surface area contributed by atoms with E-state index in [-0.39, 0.29) is 0 Å². The molecule has 2 heteroatoms. The summed E-state index contributed by atoms with van der Waals surface area (Å²) in [5.41, 5.74) is 2.94. The summed E-state index contributed by atoms with van der Waals surface area (Å²) in [6, 6.07) is 8.80. The zero-order valence-electron chi connectivity index (χ0n) is 13.2. The van der Waals surface area contributed by atoms with Crippen molar-refractivity contribution in [3.63, 3.8) is 0 Å². The summed E-state index contributed by atoms with van der Waals surface area (Å²) < 4.78 is 6.14. The SMILES string of the molecule is SCCCCCCCCCOC1CCCc2ccccc21. The summed E-state index contributed by atoms with van der Waals surface area (Å²) in [4.78, 5) is 0. The molecule has 118 valence electrons. The standard InChI is InChI=1S/C19H30OS/c21-16-9-5-3-1-2-4-8-15-20-19-14-10-12-17-11-6-7-13-18(17)19/h6-7,11,13,19,21H,1-5,8-10,12,14-16H2. The Morgan fingerprint density at radius 1 is 0.952 bits per heavy atom. The Balaban J connectivity index is 1.56. The third-order valence-electron chi connectivity index (χ3n) is 4.44. The van der Waals surface area contributed by atoms with Crippen molar-refractivity contribution in [2.75, 3.05) is 12.4 Å². The summed E-state index contributed by atoms with van der Waals surface area (Å²) >= 11 is 4.25. The van der Waals surface area contributed by atoms with Gasteiger partial charge in [0, 0.05) is 6.61 Å². The van der Waals surface area contributed by atoms with Gasteiger partial charge in [-0.2, -0.15) is 12.6 Å². The van der Waals surface area contributed by atoms with Crippen LogP contribution in [0.15, 0.2) is 24.3 Å². The quantitative estimate of drug-likeness (QED) is 0.428. The lowest BCUT2D eigenvalue weighted by Crippen LogP contribution is -2.13. The number of hydrogen-bond donors (Lipinski definition) is 1. The van der Waals surface area contributed by atoms with E-state index in [0.717, 1.165) is 12.4 Å². The first kappa shape index (κ1) is 16.9. The van der Waals surface area contributed by atoms with Crippen LogP contribution in [0.1, 0.15) is 75.0 Å². The number of benzene rings is 1. The minimum absolute atomic E-state index is 0.352. The molecule has 0 fully saturated rings. The van der Waals surface area contributed by atoms with E-state index in [9.17, 15) is 0 Å². The Hall–Kier alpha value is -0.470. The van der Waals surface area contributed by atoms with E-state index in [1.807, 2.05) is 0 Å². The van der Waals surface area contributed by atoms with Gasteiger partial charge in [-0.05, 0) is 49.0 Å². The Morgan fingerprint density at radius 2 is 1.67 bits per heavy atom. The number of hydrogen-bond acceptors (Lipinski definition) is 2. The van der Waals surface area contributed by atoms with E-state index in [1.165, 1.54) is 75.3 Å². The van der Waals surface area contributed by atoms with Crippen LogP contribution in [0.5, 0.6) is 0 Å². The molecule has 1 nitrogen and oxygen atoms in total. The van der Waals surface area contributed by atoms with Crippen LogP contribution in [0.3, 0.4) is 0 Å². The Kier molecular flexibility index (Phi) is 8.28. The summed E-state index contributed by atoms with van der Waals surface area (Å²) in [5, 5.41) is 0. The van der Waals surface area contributed by atoms with Crippen LogP contribution >= 0.6 is 12.6 Å². The van der Waals surface area contributed by atoms with Crippen molar-refractivity contribution in [3.05, 3.63) is 35.4 Å². The van der Waals surface area contributed by atoms with Crippen LogP contribution in [0, 0.1) is 0 Å². The summed E-state index contributed by atoms with van der Waals surface area (Å²) in [6.45, 7) is 0.926. The fourth-order valence-corrected chi connectivity index (χ4v) is 3.43. The second-order valence-electron chi connectivity index (χ2n) is 6.15. The first-order valence-corrected chi connectivity index (χ1v) is 9.35. The van der Waals surface area contributed by atoms with E-state index >= 15 is 0 Å². The van der Waals surface area contributed by atoms with Gasteiger partial charge in [0.05, 0.1) is 6.10 Å². The fraction of sp³-hybridized carbons (Fsp3) is 0.684. The third-order valence-corrected chi connectivity index (χ3v) is 4.75. The van der Waals surface area contributed by atoms with Gasteiger partial charge in [-0.25, -0.2) is 0 Å². The molecule has 2 rings (SSSR count). The van der Waals surface area contributed by atoms with Crippen LogP contribution in [0.2, 0.25) is 0 Å². The zero-order chi connectivity index (χ0) is 14.8. The van der Waals surface area contributed by atoms with Crippen molar-refractivity contribution in [2.24, 2.45) is 0 Å². The van der Waals surface area contributed by atoms with E-state index in [0.29, 0.717) is 6.10 Å². The van der Waals surface area contributed by atoms with Gasteiger partial charge in [-0.1, -0.05) is 56.4 Å². The largest absolute Gasteiger partial charge is 0.374 e. The van der Waals surface area contributed by atoms with Crippen molar-refractivity contribution < 1.29 is 4.74 Å². The number of rotatable bonds is 10. The lowest BCUT2D eigenvalue weighted by atomic mass is 9.89. The third kappa shape index (κ3) is 6.04. The van der Waals surface area contributed by atoms with Gasteiger partial charge in [0.15, 0.2) is 0 Å². The first-order chi connectivity index (χ1) is 10.4. The maximum Gasteiger partial charge on any atom is 0.0827 e. The molecular weight excluding hydrogens is 276 g/mol. The van der Waals surface area contributed by atoms with E-state index in [4.69, 9.17) is 4.74 Å². The molecule has 1 aliphatic carbocycles. The maximum absolute atomic E-state index is 6.14. The monoisotopic (exact) mass is 306 g/mol. The molecule has 1 unspecified atom stereocenters. The van der Waals surface area contributed by atoms with Gasteiger partial charge >= 0.3 is 0 Å². The van der Waals surface area contributed by atoms with Crippen molar-refractivity contribution in [2.45, 2.75) is 70.3 Å². The Labute approximate surface area is 135 Å². The molecule has 1 atom stereocenters. The first-order valence-electron chi connectivity index (χ1n) is 8.72. The number of ether oxygens (including phenoxy) is 1. The summed E-state index contributed by atoms with van der Waals surface area (Å²) in [6.07, 6.45) is 13.3. The minimum Gasteiger partial charge on any atom is -0.374 e. The lowest BCUT2D eigenvalue weighted by molar-refractivity contribution is 0.0382. The van der Waals surface area contributed by atoms with Crippen LogP contribution in [0.4, 0.5) is 0 Å². The summed E-state index contributed by atoms with van der Waals surface area (Å²) in [5.74, 6) is 1.04. The van der Waals surface area contributed by atoms with Crippen molar-refractivity contribution >= 4 is 12.6 Å². The van der Waals surface area contributed by atoms with Gasteiger partial charge in [-0.15, -0.1) is 0 Å². The molecule has 0 spiro atoms. The predicted octanol–water partition coefficient (Wildman–Crippen LogP) is 5.74. The molecule has 0 amide bonds. The average molecular weight is 307 g/mol. The van der Waals surface area contributed by atoms with Crippen LogP contribution < -0.4 is 0 Å².